The highest BCUT2D eigenvalue weighted by Gasteiger charge is 2.32. The highest BCUT2D eigenvalue weighted by molar-refractivity contribution is 7.92. The quantitative estimate of drug-likeness (QED) is 0.627. The maximum absolute atomic E-state index is 12.8. The number of rotatable bonds is 5. The molecule has 0 aliphatic carbocycles. The average molecular weight is 430 g/mol. The summed E-state index contributed by atoms with van der Waals surface area (Å²) in [5.74, 6) is -0.123. The van der Waals surface area contributed by atoms with E-state index in [1.54, 1.807) is 18.2 Å². The average Bonchev–Trinajstić information content (AvgIpc) is 3.11. The number of pyridine rings is 1. The van der Waals surface area contributed by atoms with Gasteiger partial charge in [-0.25, -0.2) is 4.98 Å². The Morgan fingerprint density at radius 3 is 2.57 bits per heavy atom. The van der Waals surface area contributed by atoms with Gasteiger partial charge in [-0.3, -0.25) is 9.29 Å². The number of alkyl halides is 3. The van der Waals surface area contributed by atoms with E-state index in [0.717, 1.165) is 16.6 Å². The summed E-state index contributed by atoms with van der Waals surface area (Å²) in [5.41, 5.74) is 0.300. The summed E-state index contributed by atoms with van der Waals surface area (Å²) in [4.78, 5) is 3.71. The van der Waals surface area contributed by atoms with E-state index in [-0.39, 0.29) is 15.9 Å². The Bertz CT molecular complexity index is 1110. The van der Waals surface area contributed by atoms with E-state index in [4.69, 9.17) is 11.6 Å². The number of benzene rings is 1. The fraction of sp³-hybridized carbons (Fsp3) is 0.167. The lowest BCUT2D eigenvalue weighted by atomic mass is 10.1. The molecule has 148 valence electrons. The second-order valence-electron chi connectivity index (χ2n) is 5.90. The number of nitrogens with zero attached hydrogens (tertiary/aromatic N) is 2. The van der Waals surface area contributed by atoms with Crippen molar-refractivity contribution in [1.29, 1.82) is 0 Å². The standard InChI is InChI=1S/C18H15ClF3N3O2S/c1-2-12-5-3-6-14(9-12)24-28(26,27)16-7-4-8-25(16)17-15(19)10-13(11-23-17)18(20,21)22/h3-11,24H,2H2,1H3. The second-order valence-corrected chi connectivity index (χ2v) is 7.94. The third-order valence-electron chi connectivity index (χ3n) is 3.95. The summed E-state index contributed by atoms with van der Waals surface area (Å²) in [5, 5.41) is -0.529. The normalized spacial score (nSPS) is 12.2. The molecule has 0 amide bonds. The number of nitrogens with one attached hydrogen (secondary N) is 1. The van der Waals surface area contributed by atoms with Crippen molar-refractivity contribution in [1.82, 2.24) is 9.55 Å². The molecule has 2 heterocycles. The fourth-order valence-corrected chi connectivity index (χ4v) is 4.05. The Balaban J connectivity index is 1.99. The topological polar surface area (TPSA) is 64.0 Å². The van der Waals surface area contributed by atoms with Crippen LogP contribution in [0.25, 0.3) is 5.82 Å². The molecular weight excluding hydrogens is 415 g/mol. The van der Waals surface area contributed by atoms with Gasteiger partial charge in [-0.1, -0.05) is 30.7 Å². The van der Waals surface area contributed by atoms with E-state index in [1.165, 1.54) is 18.3 Å². The highest BCUT2D eigenvalue weighted by atomic mass is 35.5. The van der Waals surface area contributed by atoms with Crippen LogP contribution in [0, 0.1) is 0 Å². The molecule has 2 aromatic heterocycles. The highest BCUT2D eigenvalue weighted by Crippen LogP contribution is 2.32. The molecule has 3 rings (SSSR count). The van der Waals surface area contributed by atoms with Crippen LogP contribution >= 0.6 is 11.6 Å². The number of halogens is 4. The van der Waals surface area contributed by atoms with Gasteiger partial charge in [0.05, 0.1) is 10.6 Å². The van der Waals surface area contributed by atoms with Gasteiger partial charge in [-0.15, -0.1) is 0 Å². The fourth-order valence-electron chi connectivity index (χ4n) is 2.58. The molecule has 5 nitrogen and oxygen atoms in total. The molecule has 1 N–H and O–H groups in total. The van der Waals surface area contributed by atoms with E-state index < -0.39 is 21.8 Å². The van der Waals surface area contributed by atoms with Crippen molar-refractivity contribution in [2.24, 2.45) is 0 Å². The summed E-state index contributed by atoms with van der Waals surface area (Å²) in [6.07, 6.45) is -1.90. The van der Waals surface area contributed by atoms with Gasteiger partial charge in [0.1, 0.15) is 0 Å². The van der Waals surface area contributed by atoms with Gasteiger partial charge >= 0.3 is 6.18 Å². The van der Waals surface area contributed by atoms with Crippen LogP contribution in [0.5, 0.6) is 0 Å². The van der Waals surface area contributed by atoms with Crippen molar-refractivity contribution >= 4 is 27.3 Å². The molecule has 0 bridgehead atoms. The van der Waals surface area contributed by atoms with Gasteiger partial charge in [0.25, 0.3) is 10.0 Å². The van der Waals surface area contributed by atoms with Gasteiger partial charge in [-0.2, -0.15) is 21.6 Å². The molecule has 0 aliphatic rings. The molecule has 10 heteroatoms. The third kappa shape index (κ3) is 4.15. The maximum atomic E-state index is 12.8. The number of aromatic nitrogens is 2. The Labute approximate surface area is 164 Å². The van der Waals surface area contributed by atoms with E-state index in [0.29, 0.717) is 18.0 Å². The van der Waals surface area contributed by atoms with Crippen molar-refractivity contribution < 1.29 is 21.6 Å². The minimum atomic E-state index is -4.60. The monoisotopic (exact) mass is 429 g/mol. The minimum Gasteiger partial charge on any atom is -0.289 e. The van der Waals surface area contributed by atoms with E-state index in [1.807, 2.05) is 13.0 Å². The molecule has 0 fully saturated rings. The van der Waals surface area contributed by atoms with E-state index >= 15 is 0 Å². The predicted molar refractivity (Wildman–Crippen MR) is 100 cm³/mol. The number of anilines is 1. The summed E-state index contributed by atoms with van der Waals surface area (Å²) >= 11 is 5.95. The molecule has 1 aromatic carbocycles. The van der Waals surface area contributed by atoms with Gasteiger partial charge in [0.2, 0.25) is 0 Å². The Kier molecular flexibility index (Phi) is 5.40. The first kappa shape index (κ1) is 20.2. The summed E-state index contributed by atoms with van der Waals surface area (Å²) in [7, 11) is -4.04. The number of hydrogen-bond acceptors (Lipinski definition) is 3. The Hall–Kier alpha value is -2.52. The van der Waals surface area contributed by atoms with Crippen LogP contribution in [0.2, 0.25) is 5.02 Å². The predicted octanol–water partition coefficient (Wildman–Crippen LogP) is 4.91. The number of sulfonamides is 1. The molecule has 0 saturated heterocycles. The van der Waals surface area contributed by atoms with Crippen LogP contribution in [-0.2, 0) is 22.6 Å². The zero-order chi connectivity index (χ0) is 20.5. The Morgan fingerprint density at radius 2 is 1.93 bits per heavy atom. The largest absolute Gasteiger partial charge is 0.417 e. The van der Waals surface area contributed by atoms with Crippen molar-refractivity contribution in [3.63, 3.8) is 0 Å². The van der Waals surface area contributed by atoms with Crippen molar-refractivity contribution in [2.75, 3.05) is 4.72 Å². The first-order valence-corrected chi connectivity index (χ1v) is 10.00. The minimum absolute atomic E-state index is 0.123. The summed E-state index contributed by atoms with van der Waals surface area (Å²) in [6, 6.07) is 10.4. The van der Waals surface area contributed by atoms with E-state index in [9.17, 15) is 21.6 Å². The van der Waals surface area contributed by atoms with Gasteiger partial charge in [0.15, 0.2) is 10.8 Å². The van der Waals surface area contributed by atoms with Gasteiger partial charge in [0, 0.05) is 18.1 Å². The van der Waals surface area contributed by atoms with Crippen LogP contribution in [0.1, 0.15) is 18.1 Å². The van der Waals surface area contributed by atoms with E-state index in [2.05, 4.69) is 9.71 Å². The van der Waals surface area contributed by atoms with Crippen molar-refractivity contribution in [3.05, 3.63) is 71.0 Å². The molecule has 0 spiro atoms. The van der Waals surface area contributed by atoms with Crippen LogP contribution in [0.4, 0.5) is 18.9 Å². The lowest BCUT2D eigenvalue weighted by Crippen LogP contribution is -2.17. The molecule has 0 atom stereocenters. The maximum Gasteiger partial charge on any atom is 0.417 e. The zero-order valence-corrected chi connectivity index (χ0v) is 16.1. The number of hydrogen-bond donors (Lipinski definition) is 1. The van der Waals surface area contributed by atoms with Crippen LogP contribution in [0.15, 0.2) is 59.9 Å². The number of aryl methyl sites for hydroxylation is 1. The van der Waals surface area contributed by atoms with Crippen molar-refractivity contribution in [3.8, 4) is 5.82 Å². The molecule has 3 aromatic rings. The summed E-state index contributed by atoms with van der Waals surface area (Å²) in [6.45, 7) is 1.94. The van der Waals surface area contributed by atoms with Crippen LogP contribution in [-0.4, -0.2) is 18.0 Å². The first-order chi connectivity index (χ1) is 13.1. The molecular formula is C18H15ClF3N3O2S. The van der Waals surface area contributed by atoms with Crippen molar-refractivity contribution in [2.45, 2.75) is 24.5 Å². The van der Waals surface area contributed by atoms with Gasteiger partial charge in [-0.05, 0) is 42.3 Å². The molecule has 0 radical (unpaired) electrons. The van der Waals surface area contributed by atoms with Gasteiger partial charge < -0.3 is 0 Å². The third-order valence-corrected chi connectivity index (χ3v) is 5.62. The SMILES string of the molecule is CCc1cccc(NS(=O)(=O)c2cccn2-c2ncc(C(F)(F)F)cc2Cl)c1. The van der Waals surface area contributed by atoms with Crippen LogP contribution < -0.4 is 4.72 Å². The molecule has 28 heavy (non-hydrogen) atoms. The summed E-state index contributed by atoms with van der Waals surface area (Å²) < 4.78 is 67.6. The lowest BCUT2D eigenvalue weighted by molar-refractivity contribution is -0.137. The second kappa shape index (κ2) is 7.48. The van der Waals surface area contributed by atoms with Crippen LogP contribution in [0.3, 0.4) is 0 Å². The molecule has 0 unspecified atom stereocenters. The lowest BCUT2D eigenvalue weighted by Gasteiger charge is -2.14. The zero-order valence-electron chi connectivity index (χ0n) is 14.5. The molecule has 0 saturated carbocycles. The smallest absolute Gasteiger partial charge is 0.289 e. The Morgan fingerprint density at radius 1 is 1.18 bits per heavy atom. The first-order valence-electron chi connectivity index (χ1n) is 8.14. The molecule has 0 aliphatic heterocycles.